The number of fused-ring (bicyclic) bond motifs is 1. The van der Waals surface area contributed by atoms with E-state index in [9.17, 15) is 4.39 Å². The molecular weight excluding hydrogens is 207 g/mol. The lowest BCUT2D eigenvalue weighted by molar-refractivity contribution is 0.220. The molecule has 16 heavy (non-hydrogen) atoms. The summed E-state index contributed by atoms with van der Waals surface area (Å²) in [6.45, 7) is 2.65. The molecule has 1 unspecified atom stereocenters. The first-order valence-electron chi connectivity index (χ1n) is 5.43. The molecule has 0 spiro atoms. The number of alkyl halides is 1. The lowest BCUT2D eigenvalue weighted by Gasteiger charge is -2.14. The molecule has 2 aromatic rings. The Hall–Kier alpha value is -1.58. The van der Waals surface area contributed by atoms with Gasteiger partial charge < -0.3 is 9.32 Å². The van der Waals surface area contributed by atoms with Crippen molar-refractivity contribution in [1.82, 2.24) is 4.98 Å². The second kappa shape index (κ2) is 3.20. The van der Waals surface area contributed by atoms with Crippen LogP contribution in [0.2, 0.25) is 0 Å². The minimum atomic E-state index is -1.12. The molecular formula is C12H13FN2O. The fourth-order valence-electron chi connectivity index (χ4n) is 2.08. The number of rotatable bonds is 1. The average Bonchev–Trinajstić information content (AvgIpc) is 2.80. The highest BCUT2D eigenvalue weighted by Crippen LogP contribution is 2.30. The van der Waals surface area contributed by atoms with E-state index in [1.165, 1.54) is 0 Å². The van der Waals surface area contributed by atoms with Crippen LogP contribution in [-0.2, 0) is 0 Å². The predicted octanol–water partition coefficient (Wildman–Crippen LogP) is 2.77. The Morgan fingerprint density at radius 1 is 1.44 bits per heavy atom. The monoisotopic (exact) mass is 220 g/mol. The van der Waals surface area contributed by atoms with Gasteiger partial charge in [-0.15, -0.1) is 0 Å². The van der Waals surface area contributed by atoms with Gasteiger partial charge in [-0.1, -0.05) is 12.1 Å². The van der Waals surface area contributed by atoms with Crippen LogP contribution in [0, 0.1) is 0 Å². The van der Waals surface area contributed by atoms with Crippen molar-refractivity contribution >= 4 is 17.1 Å². The largest absolute Gasteiger partial charge is 0.423 e. The van der Waals surface area contributed by atoms with E-state index in [1.54, 1.807) is 6.92 Å². The molecule has 1 aromatic carbocycles. The molecule has 0 aliphatic carbocycles. The van der Waals surface area contributed by atoms with E-state index < -0.39 is 5.67 Å². The van der Waals surface area contributed by atoms with Crippen LogP contribution in [0.4, 0.5) is 10.4 Å². The Bertz CT molecular complexity index is 487. The quantitative estimate of drug-likeness (QED) is 0.740. The first-order chi connectivity index (χ1) is 7.64. The second-order valence-corrected chi connectivity index (χ2v) is 4.55. The van der Waals surface area contributed by atoms with E-state index in [0.29, 0.717) is 25.5 Å². The molecule has 0 amide bonds. The molecule has 1 aliphatic rings. The molecule has 1 saturated heterocycles. The molecule has 1 atom stereocenters. The number of benzene rings is 1. The predicted molar refractivity (Wildman–Crippen MR) is 60.4 cm³/mol. The van der Waals surface area contributed by atoms with Crippen molar-refractivity contribution in [2.75, 3.05) is 18.0 Å². The highest BCUT2D eigenvalue weighted by molar-refractivity contribution is 5.74. The topological polar surface area (TPSA) is 29.3 Å². The van der Waals surface area contributed by atoms with Crippen LogP contribution in [0.5, 0.6) is 0 Å². The van der Waals surface area contributed by atoms with Crippen molar-refractivity contribution in [1.29, 1.82) is 0 Å². The van der Waals surface area contributed by atoms with Crippen LogP contribution in [0.1, 0.15) is 13.3 Å². The van der Waals surface area contributed by atoms with Gasteiger partial charge in [0.15, 0.2) is 5.58 Å². The van der Waals surface area contributed by atoms with Gasteiger partial charge in [-0.3, -0.25) is 0 Å². The number of hydrogen-bond acceptors (Lipinski definition) is 3. The van der Waals surface area contributed by atoms with Crippen molar-refractivity contribution in [3.05, 3.63) is 24.3 Å². The number of anilines is 1. The summed E-state index contributed by atoms with van der Waals surface area (Å²) < 4.78 is 19.3. The zero-order chi connectivity index (χ0) is 11.2. The van der Waals surface area contributed by atoms with Crippen LogP contribution in [0.15, 0.2) is 28.7 Å². The maximum Gasteiger partial charge on any atom is 0.298 e. The molecule has 0 bridgehead atoms. The van der Waals surface area contributed by atoms with Crippen molar-refractivity contribution in [2.24, 2.45) is 0 Å². The van der Waals surface area contributed by atoms with Crippen LogP contribution in [0.25, 0.3) is 11.1 Å². The van der Waals surface area contributed by atoms with Gasteiger partial charge in [-0.2, -0.15) is 4.98 Å². The average molecular weight is 220 g/mol. The van der Waals surface area contributed by atoms with Crippen LogP contribution < -0.4 is 4.90 Å². The van der Waals surface area contributed by atoms with Crippen LogP contribution in [-0.4, -0.2) is 23.7 Å². The lowest BCUT2D eigenvalue weighted by atomic mass is 10.1. The smallest absolute Gasteiger partial charge is 0.298 e. The van der Waals surface area contributed by atoms with Crippen molar-refractivity contribution in [3.8, 4) is 0 Å². The van der Waals surface area contributed by atoms with Crippen molar-refractivity contribution in [3.63, 3.8) is 0 Å². The summed E-state index contributed by atoms with van der Waals surface area (Å²) in [5.41, 5.74) is 0.454. The van der Waals surface area contributed by atoms with Gasteiger partial charge >= 0.3 is 0 Å². The summed E-state index contributed by atoms with van der Waals surface area (Å²) in [6.07, 6.45) is 0.533. The van der Waals surface area contributed by atoms with Gasteiger partial charge in [-0.05, 0) is 19.1 Å². The molecule has 1 aliphatic heterocycles. The third kappa shape index (κ3) is 1.54. The van der Waals surface area contributed by atoms with Crippen LogP contribution >= 0.6 is 0 Å². The summed E-state index contributed by atoms with van der Waals surface area (Å²) in [4.78, 5) is 6.21. The summed E-state index contributed by atoms with van der Waals surface area (Å²) in [6, 6.07) is 8.12. The van der Waals surface area contributed by atoms with Gasteiger partial charge in [0.2, 0.25) is 0 Å². The minimum absolute atomic E-state index is 0.361. The van der Waals surface area contributed by atoms with E-state index in [-0.39, 0.29) is 0 Å². The molecule has 4 heteroatoms. The number of oxazole rings is 1. The van der Waals surface area contributed by atoms with E-state index in [0.717, 1.165) is 11.1 Å². The molecule has 3 rings (SSSR count). The Labute approximate surface area is 92.9 Å². The molecule has 1 fully saturated rings. The normalized spacial score (nSPS) is 25.5. The van der Waals surface area contributed by atoms with Crippen molar-refractivity contribution in [2.45, 2.75) is 19.0 Å². The first-order valence-corrected chi connectivity index (χ1v) is 5.43. The highest BCUT2D eigenvalue weighted by Gasteiger charge is 2.35. The molecule has 0 radical (unpaired) electrons. The zero-order valence-corrected chi connectivity index (χ0v) is 9.11. The Morgan fingerprint density at radius 2 is 2.25 bits per heavy atom. The van der Waals surface area contributed by atoms with E-state index in [1.807, 2.05) is 29.2 Å². The fourth-order valence-corrected chi connectivity index (χ4v) is 2.08. The van der Waals surface area contributed by atoms with Crippen molar-refractivity contribution < 1.29 is 8.81 Å². The van der Waals surface area contributed by atoms with Gasteiger partial charge in [0.05, 0.1) is 6.54 Å². The lowest BCUT2D eigenvalue weighted by Crippen LogP contribution is -2.25. The van der Waals surface area contributed by atoms with Gasteiger partial charge in [0.25, 0.3) is 6.01 Å². The number of halogens is 1. The summed E-state index contributed by atoms with van der Waals surface area (Å²) in [5, 5.41) is 0. The summed E-state index contributed by atoms with van der Waals surface area (Å²) in [7, 11) is 0. The van der Waals surface area contributed by atoms with Crippen LogP contribution in [0.3, 0.4) is 0 Å². The summed E-state index contributed by atoms with van der Waals surface area (Å²) in [5.74, 6) is 0. The number of nitrogens with zero attached hydrogens (tertiary/aromatic N) is 2. The summed E-state index contributed by atoms with van der Waals surface area (Å²) >= 11 is 0. The minimum Gasteiger partial charge on any atom is -0.423 e. The molecule has 2 heterocycles. The van der Waals surface area contributed by atoms with E-state index >= 15 is 0 Å². The molecule has 0 saturated carbocycles. The fraction of sp³-hybridized carbons (Fsp3) is 0.417. The maximum absolute atomic E-state index is 13.7. The second-order valence-electron chi connectivity index (χ2n) is 4.55. The third-order valence-electron chi connectivity index (χ3n) is 2.98. The van der Waals surface area contributed by atoms with E-state index in [4.69, 9.17) is 4.42 Å². The third-order valence-corrected chi connectivity index (χ3v) is 2.98. The van der Waals surface area contributed by atoms with Gasteiger partial charge in [0, 0.05) is 13.0 Å². The Balaban J connectivity index is 1.95. The van der Waals surface area contributed by atoms with Gasteiger partial charge in [0.1, 0.15) is 11.2 Å². The number of para-hydroxylation sites is 2. The standard InChI is InChI=1S/C12H13FN2O/c1-12(13)6-7-15(8-12)11-14-9-4-2-3-5-10(9)16-11/h2-5H,6-8H2,1H3. The Kier molecular flexibility index (Phi) is 1.93. The first kappa shape index (κ1) is 9.63. The zero-order valence-electron chi connectivity index (χ0n) is 9.11. The maximum atomic E-state index is 13.7. The Morgan fingerprint density at radius 3 is 2.94 bits per heavy atom. The molecule has 3 nitrogen and oxygen atoms in total. The molecule has 84 valence electrons. The SMILES string of the molecule is CC1(F)CCN(c2nc3ccccc3o2)C1. The van der Waals surface area contributed by atoms with Gasteiger partial charge in [-0.25, -0.2) is 4.39 Å². The molecule has 1 aromatic heterocycles. The van der Waals surface area contributed by atoms with E-state index in [2.05, 4.69) is 4.98 Å². The number of aromatic nitrogens is 1. The molecule has 0 N–H and O–H groups in total. The number of hydrogen-bond donors (Lipinski definition) is 0. The highest BCUT2D eigenvalue weighted by atomic mass is 19.1.